The summed E-state index contributed by atoms with van der Waals surface area (Å²) in [5, 5.41) is 5.39. The fourth-order valence-electron chi connectivity index (χ4n) is 2.61. The standard InChI is InChI=1S/2C10H9.C3H6.Ti/c2*1-8-6-9-4-2-3-5-10(9)7-8;1-3-2;/h2*2-7H,1H3;1-2H3;/q2*-1;;+2. The quantitative estimate of drug-likeness (QED) is 0.252. The number of rotatable bonds is 0. The van der Waals surface area contributed by atoms with Gasteiger partial charge in [-0.1, -0.05) is 26.0 Å². The summed E-state index contributed by atoms with van der Waals surface area (Å²) in [5.74, 6) is 0. The van der Waals surface area contributed by atoms with Crippen molar-refractivity contribution >= 4 is 25.4 Å². The summed E-state index contributed by atoms with van der Waals surface area (Å²) in [6.07, 6.45) is 0. The van der Waals surface area contributed by atoms with E-state index in [-0.39, 0.29) is 0 Å². The van der Waals surface area contributed by atoms with Gasteiger partial charge >= 0.3 is 37.6 Å². The Morgan fingerprint density at radius 2 is 1.04 bits per heavy atom. The maximum absolute atomic E-state index is 2.20. The second-order valence-corrected chi connectivity index (χ2v) is 7.88. The fourth-order valence-corrected chi connectivity index (χ4v) is 2.61. The zero-order chi connectivity index (χ0) is 17.5. The van der Waals surface area contributed by atoms with E-state index in [2.05, 4.69) is 120 Å². The first-order valence-electron chi connectivity index (χ1n) is 8.21. The largest absolute Gasteiger partial charge is 0.165 e. The predicted molar refractivity (Wildman–Crippen MR) is 105 cm³/mol. The molecule has 0 aliphatic carbocycles. The molecule has 0 N–H and O–H groups in total. The molecule has 0 saturated heterocycles. The molecular formula is C23H24Ti. The second kappa shape index (κ2) is 8.92. The van der Waals surface area contributed by atoms with E-state index in [9.17, 15) is 0 Å². The van der Waals surface area contributed by atoms with Crippen molar-refractivity contribution in [3.05, 3.63) is 83.9 Å². The summed E-state index contributed by atoms with van der Waals surface area (Å²) in [7, 11) is 0. The summed E-state index contributed by atoms with van der Waals surface area (Å²) in [5.41, 5.74) is 2.70. The van der Waals surface area contributed by atoms with Crippen LogP contribution in [0.2, 0.25) is 0 Å². The van der Waals surface area contributed by atoms with Gasteiger partial charge in [0.15, 0.2) is 0 Å². The van der Waals surface area contributed by atoms with Crippen molar-refractivity contribution < 1.29 is 20.0 Å². The first-order valence-corrected chi connectivity index (χ1v) is 8.99. The molecule has 0 heterocycles. The van der Waals surface area contributed by atoms with Crippen LogP contribution in [-0.2, 0) is 20.0 Å². The minimum absolute atomic E-state index is 1.35. The second-order valence-electron chi connectivity index (χ2n) is 6.32. The molecule has 0 fully saturated rings. The molecule has 1 heteroatoms. The Balaban J connectivity index is 0.000000143. The third kappa shape index (κ3) is 5.71. The molecule has 0 aliphatic heterocycles. The van der Waals surface area contributed by atoms with E-state index in [0.29, 0.717) is 0 Å². The molecule has 24 heavy (non-hydrogen) atoms. The van der Waals surface area contributed by atoms with Crippen molar-refractivity contribution in [1.82, 2.24) is 0 Å². The Bertz CT molecular complexity index is 779. The average Bonchev–Trinajstić information content (AvgIpc) is 3.07. The van der Waals surface area contributed by atoms with Crippen LogP contribution in [0.3, 0.4) is 0 Å². The number of fused-ring (bicyclic) bond motifs is 2. The molecule has 0 radical (unpaired) electrons. The van der Waals surface area contributed by atoms with Crippen molar-refractivity contribution in [2.45, 2.75) is 27.7 Å². The molecule has 0 bridgehead atoms. The van der Waals surface area contributed by atoms with E-state index in [4.69, 9.17) is 0 Å². The Kier molecular flexibility index (Phi) is 6.91. The van der Waals surface area contributed by atoms with Gasteiger partial charge in [0.2, 0.25) is 0 Å². The zero-order valence-corrected chi connectivity index (χ0v) is 16.5. The molecule has 4 aromatic carbocycles. The van der Waals surface area contributed by atoms with Gasteiger partial charge in [0.25, 0.3) is 0 Å². The third-order valence-corrected chi connectivity index (χ3v) is 3.52. The van der Waals surface area contributed by atoms with Gasteiger partial charge in [0.1, 0.15) is 0 Å². The van der Waals surface area contributed by atoms with Gasteiger partial charge in [-0.15, -0.1) is 81.2 Å². The van der Waals surface area contributed by atoms with Crippen molar-refractivity contribution in [3.8, 4) is 0 Å². The molecule has 0 aliphatic rings. The Hall–Kier alpha value is -1.76. The van der Waals surface area contributed by atoms with Crippen molar-refractivity contribution in [3.63, 3.8) is 0 Å². The van der Waals surface area contributed by atoms with Gasteiger partial charge in [0, 0.05) is 0 Å². The van der Waals surface area contributed by atoms with Crippen molar-refractivity contribution in [1.29, 1.82) is 0 Å². The first kappa shape index (κ1) is 18.6. The molecule has 0 saturated carbocycles. The number of benzene rings is 2. The maximum Gasteiger partial charge on any atom is -0.0579 e. The first-order chi connectivity index (χ1) is 11.5. The van der Waals surface area contributed by atoms with Crippen LogP contribution in [0.5, 0.6) is 0 Å². The summed E-state index contributed by atoms with van der Waals surface area (Å²) in [6.45, 7) is 8.42. The Morgan fingerprint density at radius 1 is 0.708 bits per heavy atom. The molecule has 0 amide bonds. The van der Waals surface area contributed by atoms with E-state index >= 15 is 0 Å². The Morgan fingerprint density at radius 3 is 1.38 bits per heavy atom. The predicted octanol–water partition coefficient (Wildman–Crippen LogP) is 6.48. The van der Waals surface area contributed by atoms with E-state index in [0.717, 1.165) is 0 Å². The topological polar surface area (TPSA) is 0 Å². The number of aryl methyl sites for hydroxylation is 2. The molecule has 0 spiro atoms. The van der Waals surface area contributed by atoms with Crippen LogP contribution in [-0.4, -0.2) is 3.81 Å². The van der Waals surface area contributed by atoms with Gasteiger partial charge in [-0.25, -0.2) is 0 Å². The molecule has 0 unspecified atom stereocenters. The van der Waals surface area contributed by atoms with Crippen LogP contribution in [0.1, 0.15) is 25.0 Å². The minimum atomic E-state index is 1.35. The van der Waals surface area contributed by atoms with Gasteiger partial charge in [-0.3, -0.25) is 0 Å². The van der Waals surface area contributed by atoms with E-state index in [1.807, 2.05) is 0 Å². The maximum atomic E-state index is 2.20. The van der Waals surface area contributed by atoms with Crippen LogP contribution < -0.4 is 0 Å². The van der Waals surface area contributed by atoms with Crippen LogP contribution in [0.4, 0.5) is 0 Å². The van der Waals surface area contributed by atoms with Crippen LogP contribution in [0.15, 0.2) is 72.8 Å². The van der Waals surface area contributed by atoms with Crippen LogP contribution in [0.25, 0.3) is 21.5 Å². The van der Waals surface area contributed by atoms with E-state index in [1.54, 1.807) is 0 Å². The molecular weight excluding hydrogens is 324 g/mol. The van der Waals surface area contributed by atoms with Gasteiger partial charge in [-0.2, -0.15) is 12.1 Å². The molecule has 0 nitrogen and oxygen atoms in total. The Labute approximate surface area is 156 Å². The zero-order valence-electron chi connectivity index (χ0n) is 14.9. The van der Waals surface area contributed by atoms with Crippen LogP contribution in [0, 0.1) is 13.8 Å². The molecule has 4 aromatic rings. The van der Waals surface area contributed by atoms with Gasteiger partial charge < -0.3 is 0 Å². The minimum Gasteiger partial charge on any atom is -0.165 e. The molecule has 0 atom stereocenters. The summed E-state index contributed by atoms with van der Waals surface area (Å²) in [4.78, 5) is 0. The molecule has 4 rings (SSSR count). The average molecular weight is 348 g/mol. The monoisotopic (exact) mass is 348 g/mol. The summed E-state index contributed by atoms with van der Waals surface area (Å²) >= 11 is 2.08. The van der Waals surface area contributed by atoms with Crippen LogP contribution >= 0.6 is 0 Å². The normalized spacial score (nSPS) is 9.92. The van der Waals surface area contributed by atoms with Gasteiger partial charge in [-0.05, 0) is 0 Å². The molecule has 0 aromatic heterocycles. The summed E-state index contributed by atoms with van der Waals surface area (Å²) in [6, 6.07) is 25.7. The molecule has 120 valence electrons. The SMILES string of the molecule is C[C](C)=[Ti+2].Cc1cc2ccccc2[cH-]1.Cc1cc2ccccc2[cH-]1. The van der Waals surface area contributed by atoms with E-state index < -0.39 is 0 Å². The third-order valence-electron chi connectivity index (χ3n) is 3.52. The van der Waals surface area contributed by atoms with Crippen molar-refractivity contribution in [2.24, 2.45) is 0 Å². The smallest absolute Gasteiger partial charge is 0.0579 e. The number of hydrogen-bond donors (Lipinski definition) is 0. The fraction of sp³-hybridized carbons (Fsp3) is 0.174. The van der Waals surface area contributed by atoms with Gasteiger partial charge in [0.05, 0.1) is 0 Å². The number of hydrogen-bond acceptors (Lipinski definition) is 0. The van der Waals surface area contributed by atoms with E-state index in [1.165, 1.54) is 36.5 Å². The summed E-state index contributed by atoms with van der Waals surface area (Å²) < 4.78 is 1.42. The van der Waals surface area contributed by atoms with Crippen molar-refractivity contribution in [2.75, 3.05) is 0 Å².